The van der Waals surface area contributed by atoms with E-state index in [1.165, 1.54) is 4.31 Å². The van der Waals surface area contributed by atoms with Crippen LogP contribution in [0.5, 0.6) is 0 Å². The minimum Gasteiger partial charge on any atom is -0.352 e. The van der Waals surface area contributed by atoms with Crippen molar-refractivity contribution in [2.45, 2.75) is 26.7 Å². The second kappa shape index (κ2) is 5.83. The van der Waals surface area contributed by atoms with E-state index >= 15 is 0 Å². The number of sulfonamides is 1. The summed E-state index contributed by atoms with van der Waals surface area (Å²) in [5.74, 6) is -0.0318. The first kappa shape index (κ1) is 14.8. The monoisotopic (exact) mass is 296 g/mol. The average molecular weight is 296 g/mol. The molecule has 0 aromatic heterocycles. The van der Waals surface area contributed by atoms with Gasteiger partial charge in [-0.05, 0) is 50.5 Å². The first-order valence-electron chi connectivity index (χ1n) is 6.91. The van der Waals surface area contributed by atoms with Crippen LogP contribution in [0.15, 0.2) is 18.2 Å². The highest BCUT2D eigenvalue weighted by molar-refractivity contribution is 7.92. The summed E-state index contributed by atoms with van der Waals surface area (Å²) < 4.78 is 25.6. The molecule has 0 aliphatic carbocycles. The minimum atomic E-state index is -3.25. The van der Waals surface area contributed by atoms with Crippen LogP contribution in [-0.4, -0.2) is 33.2 Å². The van der Waals surface area contributed by atoms with Gasteiger partial charge in [-0.2, -0.15) is 0 Å². The number of amides is 1. The molecular weight excluding hydrogens is 276 g/mol. The SMILES string of the molecule is CCNC(=O)c1ccc2c(c1)CCCN2S(=O)(=O)CC. The summed E-state index contributed by atoms with van der Waals surface area (Å²) in [6.07, 6.45) is 1.59. The lowest BCUT2D eigenvalue weighted by Gasteiger charge is -2.30. The van der Waals surface area contributed by atoms with Gasteiger partial charge in [0.15, 0.2) is 0 Å². The van der Waals surface area contributed by atoms with Gasteiger partial charge in [0.25, 0.3) is 5.91 Å². The number of nitrogens with zero attached hydrogens (tertiary/aromatic N) is 1. The van der Waals surface area contributed by atoms with E-state index in [4.69, 9.17) is 0 Å². The molecule has 2 rings (SSSR count). The third-order valence-corrected chi connectivity index (χ3v) is 5.24. The van der Waals surface area contributed by atoms with Crippen molar-refractivity contribution in [3.8, 4) is 0 Å². The highest BCUT2D eigenvalue weighted by Crippen LogP contribution is 2.30. The highest BCUT2D eigenvalue weighted by Gasteiger charge is 2.26. The van der Waals surface area contributed by atoms with E-state index in [1.54, 1.807) is 25.1 Å². The minimum absolute atomic E-state index is 0.0878. The Kier molecular flexibility index (Phi) is 4.32. The Morgan fingerprint density at radius 2 is 2.10 bits per heavy atom. The van der Waals surface area contributed by atoms with E-state index in [0.717, 1.165) is 18.4 Å². The van der Waals surface area contributed by atoms with E-state index in [-0.39, 0.29) is 11.7 Å². The Bertz CT molecular complexity index is 611. The normalized spacial score (nSPS) is 14.8. The number of hydrogen-bond donors (Lipinski definition) is 1. The summed E-state index contributed by atoms with van der Waals surface area (Å²) in [6, 6.07) is 5.23. The maximum absolute atomic E-state index is 12.1. The second-order valence-electron chi connectivity index (χ2n) is 4.78. The van der Waals surface area contributed by atoms with Crippen molar-refractivity contribution in [3.05, 3.63) is 29.3 Å². The topological polar surface area (TPSA) is 66.5 Å². The molecule has 1 N–H and O–H groups in total. The molecule has 1 aromatic rings. The van der Waals surface area contributed by atoms with Crippen LogP contribution in [0.1, 0.15) is 36.2 Å². The number of fused-ring (bicyclic) bond motifs is 1. The Hall–Kier alpha value is -1.56. The molecule has 0 spiro atoms. The molecule has 0 fully saturated rings. The first-order chi connectivity index (χ1) is 9.49. The number of carbonyl (C=O) groups is 1. The van der Waals surface area contributed by atoms with Crippen molar-refractivity contribution in [3.63, 3.8) is 0 Å². The molecule has 0 atom stereocenters. The number of anilines is 1. The summed E-state index contributed by atoms with van der Waals surface area (Å²) in [5, 5.41) is 2.75. The van der Waals surface area contributed by atoms with Crippen LogP contribution in [0.4, 0.5) is 5.69 Å². The van der Waals surface area contributed by atoms with Crippen LogP contribution >= 0.6 is 0 Å². The molecule has 0 bridgehead atoms. The van der Waals surface area contributed by atoms with Gasteiger partial charge < -0.3 is 5.32 Å². The van der Waals surface area contributed by atoms with E-state index in [1.807, 2.05) is 6.92 Å². The molecule has 1 aliphatic rings. The average Bonchev–Trinajstić information content (AvgIpc) is 2.46. The summed E-state index contributed by atoms with van der Waals surface area (Å²) in [7, 11) is -3.25. The molecule has 1 amide bonds. The summed E-state index contributed by atoms with van der Waals surface area (Å²) in [4.78, 5) is 11.8. The van der Waals surface area contributed by atoms with Crippen LogP contribution in [0, 0.1) is 0 Å². The van der Waals surface area contributed by atoms with Gasteiger partial charge in [-0.1, -0.05) is 0 Å². The van der Waals surface area contributed by atoms with Crippen LogP contribution in [-0.2, 0) is 16.4 Å². The third-order valence-electron chi connectivity index (χ3n) is 3.46. The second-order valence-corrected chi connectivity index (χ2v) is 6.96. The van der Waals surface area contributed by atoms with Gasteiger partial charge in [0.05, 0.1) is 11.4 Å². The molecule has 1 aliphatic heterocycles. The predicted octanol–water partition coefficient (Wildman–Crippen LogP) is 1.54. The Morgan fingerprint density at radius 3 is 2.75 bits per heavy atom. The quantitative estimate of drug-likeness (QED) is 0.916. The van der Waals surface area contributed by atoms with E-state index in [2.05, 4.69) is 5.32 Å². The molecule has 1 aromatic carbocycles. The van der Waals surface area contributed by atoms with Crippen molar-refractivity contribution in [2.75, 3.05) is 23.1 Å². The zero-order valence-corrected chi connectivity index (χ0v) is 12.7. The predicted molar refractivity (Wildman–Crippen MR) is 79.6 cm³/mol. The van der Waals surface area contributed by atoms with Gasteiger partial charge in [0, 0.05) is 18.7 Å². The summed E-state index contributed by atoms with van der Waals surface area (Å²) in [5.41, 5.74) is 2.23. The Balaban J connectivity index is 2.38. The smallest absolute Gasteiger partial charge is 0.251 e. The van der Waals surface area contributed by atoms with Gasteiger partial charge in [0.1, 0.15) is 0 Å². The number of nitrogens with one attached hydrogen (secondary N) is 1. The maximum Gasteiger partial charge on any atom is 0.251 e. The van der Waals surface area contributed by atoms with Crippen molar-refractivity contribution in [1.82, 2.24) is 5.32 Å². The van der Waals surface area contributed by atoms with Gasteiger partial charge in [-0.3, -0.25) is 9.10 Å². The Morgan fingerprint density at radius 1 is 1.35 bits per heavy atom. The zero-order valence-electron chi connectivity index (χ0n) is 11.8. The Labute approximate surface area is 120 Å². The maximum atomic E-state index is 12.1. The molecule has 6 heteroatoms. The fourth-order valence-corrected chi connectivity index (χ4v) is 3.61. The van der Waals surface area contributed by atoms with Crippen LogP contribution in [0.2, 0.25) is 0 Å². The lowest BCUT2D eigenvalue weighted by Crippen LogP contribution is -2.36. The number of carbonyl (C=O) groups excluding carboxylic acids is 1. The van der Waals surface area contributed by atoms with Crippen LogP contribution in [0.25, 0.3) is 0 Å². The number of hydrogen-bond acceptors (Lipinski definition) is 3. The number of benzene rings is 1. The summed E-state index contributed by atoms with van der Waals surface area (Å²) >= 11 is 0. The van der Waals surface area contributed by atoms with E-state index < -0.39 is 10.0 Å². The fourth-order valence-electron chi connectivity index (χ4n) is 2.41. The highest BCUT2D eigenvalue weighted by atomic mass is 32.2. The number of rotatable bonds is 4. The largest absolute Gasteiger partial charge is 0.352 e. The molecule has 0 saturated carbocycles. The van der Waals surface area contributed by atoms with Gasteiger partial charge >= 0.3 is 0 Å². The van der Waals surface area contributed by atoms with Gasteiger partial charge in [-0.15, -0.1) is 0 Å². The molecule has 5 nitrogen and oxygen atoms in total. The molecular formula is C14H20N2O3S. The lowest BCUT2D eigenvalue weighted by molar-refractivity contribution is 0.0955. The standard InChI is InChI=1S/C14H20N2O3S/c1-3-15-14(17)12-7-8-13-11(10-12)6-5-9-16(13)20(18,19)4-2/h7-8,10H,3-6,9H2,1-2H3,(H,15,17). The fraction of sp³-hybridized carbons (Fsp3) is 0.500. The van der Waals surface area contributed by atoms with Crippen molar-refractivity contribution in [2.24, 2.45) is 0 Å². The molecule has 20 heavy (non-hydrogen) atoms. The molecule has 0 saturated heterocycles. The van der Waals surface area contributed by atoms with Crippen molar-refractivity contribution < 1.29 is 13.2 Å². The zero-order chi connectivity index (χ0) is 14.8. The van der Waals surface area contributed by atoms with Crippen LogP contribution in [0.3, 0.4) is 0 Å². The molecule has 1 heterocycles. The third kappa shape index (κ3) is 2.80. The van der Waals surface area contributed by atoms with Crippen molar-refractivity contribution >= 4 is 21.6 Å². The van der Waals surface area contributed by atoms with E-state index in [0.29, 0.717) is 24.3 Å². The van der Waals surface area contributed by atoms with E-state index in [9.17, 15) is 13.2 Å². The molecule has 110 valence electrons. The molecule has 0 radical (unpaired) electrons. The van der Waals surface area contributed by atoms with Gasteiger partial charge in [-0.25, -0.2) is 8.42 Å². The van der Waals surface area contributed by atoms with Gasteiger partial charge in [0.2, 0.25) is 10.0 Å². The first-order valence-corrected chi connectivity index (χ1v) is 8.52. The van der Waals surface area contributed by atoms with Crippen molar-refractivity contribution in [1.29, 1.82) is 0 Å². The molecule has 0 unspecified atom stereocenters. The van der Waals surface area contributed by atoms with Crippen LogP contribution < -0.4 is 9.62 Å². The number of aryl methyl sites for hydroxylation is 1. The lowest BCUT2D eigenvalue weighted by atomic mass is 10.0. The summed E-state index contributed by atoms with van der Waals surface area (Å²) in [6.45, 7) is 4.61.